The summed E-state index contributed by atoms with van der Waals surface area (Å²) in [4.78, 5) is 15.4. The van der Waals surface area contributed by atoms with E-state index in [2.05, 4.69) is 152 Å². The summed E-state index contributed by atoms with van der Waals surface area (Å²) >= 11 is 0. The third kappa shape index (κ3) is 4.87. The Labute approximate surface area is 305 Å². The Balaban J connectivity index is 1.08. The van der Waals surface area contributed by atoms with E-state index in [1.54, 1.807) is 0 Å². The third-order valence-corrected chi connectivity index (χ3v) is 10.7. The molecule has 4 nitrogen and oxygen atoms in total. The van der Waals surface area contributed by atoms with E-state index in [1.165, 1.54) is 43.3 Å². The summed E-state index contributed by atoms with van der Waals surface area (Å²) in [5, 5.41) is 10.9. The summed E-state index contributed by atoms with van der Waals surface area (Å²) in [6, 6.07) is 53.8. The summed E-state index contributed by atoms with van der Waals surface area (Å²) in [6.45, 7) is 0. The van der Waals surface area contributed by atoms with Gasteiger partial charge in [-0.25, -0.2) is 15.0 Å². The quantitative estimate of drug-likeness (QED) is 0.174. The number of aryl methyl sites for hydroxylation is 1. The molecular weight excluding hydrogens is 647 g/mol. The largest absolute Gasteiger partial charge is 0.460 e. The second-order valence-corrected chi connectivity index (χ2v) is 13.9. The molecule has 248 valence electrons. The number of aromatic nitrogens is 3. The summed E-state index contributed by atoms with van der Waals surface area (Å²) in [5.74, 6) is 2.91. The van der Waals surface area contributed by atoms with Crippen LogP contribution < -0.4 is 0 Å². The topological polar surface area (TPSA) is 51.8 Å². The highest BCUT2D eigenvalue weighted by molar-refractivity contribution is 6.23. The summed E-state index contributed by atoms with van der Waals surface area (Å²) in [5.41, 5.74) is 7.14. The van der Waals surface area contributed by atoms with Gasteiger partial charge in [-0.3, -0.25) is 0 Å². The lowest BCUT2D eigenvalue weighted by Gasteiger charge is -2.14. The normalized spacial score (nSPS) is 12.7. The highest BCUT2D eigenvalue weighted by Gasteiger charge is 2.21. The molecule has 1 aliphatic rings. The van der Waals surface area contributed by atoms with E-state index in [4.69, 9.17) is 19.4 Å². The molecule has 0 bridgehead atoms. The Morgan fingerprint density at radius 1 is 0.434 bits per heavy atom. The number of rotatable bonds is 4. The molecule has 0 aliphatic heterocycles. The van der Waals surface area contributed by atoms with Crippen LogP contribution in [0.2, 0.25) is 0 Å². The van der Waals surface area contributed by atoms with Crippen LogP contribution in [0.1, 0.15) is 17.7 Å². The first-order valence-electron chi connectivity index (χ1n) is 18.2. The smallest absolute Gasteiger partial charge is 0.164 e. The lowest BCUT2D eigenvalue weighted by molar-refractivity contribution is 0.546. The van der Waals surface area contributed by atoms with Gasteiger partial charge in [0, 0.05) is 34.1 Å². The van der Waals surface area contributed by atoms with Crippen molar-refractivity contribution in [1.29, 1.82) is 0 Å². The Morgan fingerprint density at radius 2 is 1.09 bits per heavy atom. The molecule has 0 spiro atoms. The molecule has 0 fully saturated rings. The van der Waals surface area contributed by atoms with Gasteiger partial charge in [-0.05, 0) is 78.8 Å². The van der Waals surface area contributed by atoms with E-state index in [0.29, 0.717) is 17.5 Å². The fourth-order valence-electron chi connectivity index (χ4n) is 8.18. The first-order valence-corrected chi connectivity index (χ1v) is 18.2. The molecule has 0 radical (unpaired) electrons. The first-order chi connectivity index (χ1) is 26.2. The van der Waals surface area contributed by atoms with E-state index in [1.807, 2.05) is 12.1 Å². The number of benzene rings is 8. The van der Waals surface area contributed by atoms with Crippen LogP contribution in [0.4, 0.5) is 0 Å². The van der Waals surface area contributed by atoms with Gasteiger partial charge in [0.25, 0.3) is 0 Å². The minimum absolute atomic E-state index is 0.628. The van der Waals surface area contributed by atoms with Crippen LogP contribution in [0.15, 0.2) is 162 Å². The maximum Gasteiger partial charge on any atom is 0.164 e. The minimum Gasteiger partial charge on any atom is -0.460 e. The van der Waals surface area contributed by atoms with Gasteiger partial charge in [0.2, 0.25) is 0 Å². The van der Waals surface area contributed by atoms with E-state index in [-0.39, 0.29) is 0 Å². The molecule has 10 aromatic rings. The van der Waals surface area contributed by atoms with E-state index >= 15 is 0 Å². The van der Waals surface area contributed by atoms with Crippen molar-refractivity contribution in [2.45, 2.75) is 12.8 Å². The molecule has 2 heterocycles. The van der Waals surface area contributed by atoms with Crippen molar-refractivity contribution in [3.63, 3.8) is 0 Å². The lowest BCUT2D eigenvalue weighted by Crippen LogP contribution is -2.01. The molecule has 1 aliphatic carbocycles. The molecule has 53 heavy (non-hydrogen) atoms. The molecule has 0 saturated carbocycles. The molecule has 11 rings (SSSR count). The second-order valence-electron chi connectivity index (χ2n) is 13.9. The number of furan rings is 1. The highest BCUT2D eigenvalue weighted by Crippen LogP contribution is 2.40. The van der Waals surface area contributed by atoms with E-state index < -0.39 is 0 Å². The van der Waals surface area contributed by atoms with Crippen LogP contribution in [-0.4, -0.2) is 15.0 Å². The van der Waals surface area contributed by atoms with Crippen molar-refractivity contribution in [2.24, 2.45) is 0 Å². The van der Waals surface area contributed by atoms with E-state index in [0.717, 1.165) is 62.8 Å². The zero-order valence-corrected chi connectivity index (χ0v) is 28.8. The molecule has 0 unspecified atom stereocenters. The summed E-state index contributed by atoms with van der Waals surface area (Å²) in [6.07, 6.45) is 6.26. The van der Waals surface area contributed by atoms with Crippen LogP contribution in [0.25, 0.3) is 105 Å². The third-order valence-electron chi connectivity index (χ3n) is 10.7. The van der Waals surface area contributed by atoms with Crippen LogP contribution in [-0.2, 0) is 6.42 Å². The molecule has 0 atom stereocenters. The monoisotopic (exact) mass is 677 g/mol. The zero-order chi connectivity index (χ0) is 34.9. The van der Waals surface area contributed by atoms with Crippen molar-refractivity contribution in [2.75, 3.05) is 0 Å². The van der Waals surface area contributed by atoms with Crippen molar-refractivity contribution in [3.05, 3.63) is 169 Å². The van der Waals surface area contributed by atoms with Crippen molar-refractivity contribution >= 4 is 60.1 Å². The predicted molar refractivity (Wildman–Crippen MR) is 219 cm³/mol. The van der Waals surface area contributed by atoms with Crippen molar-refractivity contribution in [1.82, 2.24) is 15.0 Å². The molecule has 0 N–H and O–H groups in total. The summed E-state index contributed by atoms with van der Waals surface area (Å²) < 4.78 is 6.34. The van der Waals surface area contributed by atoms with Gasteiger partial charge in [0.15, 0.2) is 17.5 Å². The highest BCUT2D eigenvalue weighted by atomic mass is 16.3. The van der Waals surface area contributed by atoms with Crippen molar-refractivity contribution < 1.29 is 4.42 Å². The Kier molecular flexibility index (Phi) is 6.65. The van der Waals surface area contributed by atoms with Crippen LogP contribution in [0.3, 0.4) is 0 Å². The van der Waals surface area contributed by atoms with Gasteiger partial charge in [0.1, 0.15) is 11.3 Å². The average Bonchev–Trinajstić information content (AvgIpc) is 3.62. The number of allylic oxidation sites excluding steroid dienone is 1. The first kappa shape index (κ1) is 29.8. The molecule has 2 aromatic heterocycles. The Morgan fingerprint density at radius 3 is 1.96 bits per heavy atom. The number of hydrogen-bond acceptors (Lipinski definition) is 4. The SMILES string of the molecule is C1=Cc2c(oc3cccc(-c4nc(-c5ccc(-c6cc7ccc8ccccc8c7c7ccccc67)cc5)nc(-c5ccc6ccccc6c5)n4)c23)CC1. The minimum atomic E-state index is 0.628. The molecule has 0 saturated heterocycles. The van der Waals surface area contributed by atoms with Gasteiger partial charge >= 0.3 is 0 Å². The number of fused-ring (bicyclic) bond motifs is 9. The lowest BCUT2D eigenvalue weighted by atomic mass is 9.90. The van der Waals surface area contributed by atoms with Crippen molar-refractivity contribution in [3.8, 4) is 45.3 Å². The molecule has 0 amide bonds. The molecule has 8 aromatic carbocycles. The van der Waals surface area contributed by atoms with Crippen LogP contribution in [0.5, 0.6) is 0 Å². The standard InChI is InChI=1S/C49H31N3O/c1-2-12-34-28-36(27-20-30(34)10-1)48-50-47(51-49(52-48)41-17-9-19-44-46(41)40-16-7-8-18-43(40)53-44)33-24-21-32(22-25-33)42-29-35-26-23-31-11-3-4-13-37(31)45(35)39-15-6-5-14-38(39)42/h1-7,9-17,19-29H,8,18H2. The van der Waals surface area contributed by atoms with Gasteiger partial charge < -0.3 is 4.42 Å². The van der Waals surface area contributed by atoms with Crippen LogP contribution >= 0.6 is 0 Å². The Hall–Kier alpha value is -6.91. The zero-order valence-electron chi connectivity index (χ0n) is 28.8. The predicted octanol–water partition coefficient (Wildman–Crippen LogP) is 12.9. The van der Waals surface area contributed by atoms with Gasteiger partial charge in [0.05, 0.1) is 0 Å². The summed E-state index contributed by atoms with van der Waals surface area (Å²) in [7, 11) is 0. The van der Waals surface area contributed by atoms with Gasteiger partial charge in [-0.1, -0.05) is 146 Å². The van der Waals surface area contributed by atoms with Crippen LogP contribution in [0, 0.1) is 0 Å². The van der Waals surface area contributed by atoms with Gasteiger partial charge in [-0.15, -0.1) is 0 Å². The Bertz CT molecular complexity index is 3120. The second kappa shape index (κ2) is 11.8. The molecular formula is C49H31N3O. The number of hydrogen-bond donors (Lipinski definition) is 0. The maximum absolute atomic E-state index is 6.34. The fraction of sp³-hybridized carbons (Fsp3) is 0.0408. The van der Waals surface area contributed by atoms with E-state index in [9.17, 15) is 0 Å². The number of nitrogens with zero attached hydrogens (tertiary/aromatic N) is 3. The van der Waals surface area contributed by atoms with Gasteiger partial charge in [-0.2, -0.15) is 0 Å². The fourth-order valence-corrected chi connectivity index (χ4v) is 8.18. The molecule has 4 heteroatoms. The average molecular weight is 678 g/mol. The maximum atomic E-state index is 6.34.